The number of hydrogen-bond acceptors (Lipinski definition) is 2. The minimum absolute atomic E-state index is 0.131. The van der Waals surface area contributed by atoms with Gasteiger partial charge in [-0.2, -0.15) is 0 Å². The Morgan fingerprint density at radius 3 is 2.80 bits per heavy atom. The quantitative estimate of drug-likeness (QED) is 0.823. The molecule has 2 rings (SSSR count). The van der Waals surface area contributed by atoms with Crippen LogP contribution in [0.25, 0.3) is 0 Å². The molecule has 0 aliphatic heterocycles. The van der Waals surface area contributed by atoms with Crippen molar-refractivity contribution in [3.05, 3.63) is 29.3 Å². The van der Waals surface area contributed by atoms with Crippen molar-refractivity contribution in [1.29, 1.82) is 0 Å². The van der Waals surface area contributed by atoms with Gasteiger partial charge in [-0.25, -0.2) is 0 Å². The second kappa shape index (κ2) is 3.53. The molecule has 2 nitrogen and oxygen atoms in total. The van der Waals surface area contributed by atoms with E-state index >= 15 is 0 Å². The number of ether oxygens (including phenoxy) is 1. The lowest BCUT2D eigenvalue weighted by atomic mass is 9.99. The topological polar surface area (TPSA) is 35.2 Å². The highest BCUT2D eigenvalue weighted by Gasteiger charge is 2.52. The van der Waals surface area contributed by atoms with E-state index in [1.807, 2.05) is 0 Å². The van der Waals surface area contributed by atoms with Gasteiger partial charge in [0, 0.05) is 11.1 Å². The number of aryl methyl sites for hydroxylation is 1. The van der Waals surface area contributed by atoms with E-state index in [1.54, 1.807) is 7.11 Å². The van der Waals surface area contributed by atoms with Crippen LogP contribution in [0.4, 0.5) is 0 Å². The zero-order valence-corrected chi connectivity index (χ0v) is 9.71. The van der Waals surface area contributed by atoms with Crippen LogP contribution < -0.4 is 10.5 Å². The summed E-state index contributed by atoms with van der Waals surface area (Å²) in [4.78, 5) is 0. The van der Waals surface area contributed by atoms with Gasteiger partial charge in [-0.15, -0.1) is 0 Å². The van der Waals surface area contributed by atoms with Crippen LogP contribution in [0, 0.1) is 12.8 Å². The minimum Gasteiger partial charge on any atom is -0.496 e. The molecule has 0 heterocycles. The summed E-state index contributed by atoms with van der Waals surface area (Å²) in [5, 5.41) is 0. The molecule has 0 amide bonds. The third kappa shape index (κ3) is 1.63. The average molecular weight is 205 g/mol. The van der Waals surface area contributed by atoms with Crippen molar-refractivity contribution in [3.63, 3.8) is 0 Å². The van der Waals surface area contributed by atoms with Gasteiger partial charge in [-0.05, 0) is 30.9 Å². The Hall–Kier alpha value is -1.02. The minimum atomic E-state index is -0.131. The Morgan fingerprint density at radius 1 is 1.53 bits per heavy atom. The molecule has 0 saturated heterocycles. The SMILES string of the molecule is CCC1CC1(N)c1ccc(C)cc1OC. The van der Waals surface area contributed by atoms with Gasteiger partial charge in [-0.1, -0.05) is 25.5 Å². The summed E-state index contributed by atoms with van der Waals surface area (Å²) in [5.74, 6) is 1.56. The number of hydrogen-bond donors (Lipinski definition) is 1. The lowest BCUT2D eigenvalue weighted by Gasteiger charge is -2.16. The number of benzene rings is 1. The molecule has 82 valence electrons. The number of nitrogens with two attached hydrogens (primary N) is 1. The van der Waals surface area contributed by atoms with Gasteiger partial charge in [-0.3, -0.25) is 0 Å². The van der Waals surface area contributed by atoms with E-state index in [2.05, 4.69) is 32.0 Å². The molecule has 0 aromatic heterocycles. The van der Waals surface area contributed by atoms with Gasteiger partial charge in [0.25, 0.3) is 0 Å². The average Bonchev–Trinajstić information content (AvgIpc) is 2.90. The van der Waals surface area contributed by atoms with Gasteiger partial charge in [0.15, 0.2) is 0 Å². The monoisotopic (exact) mass is 205 g/mol. The van der Waals surface area contributed by atoms with Crippen molar-refractivity contribution in [1.82, 2.24) is 0 Å². The van der Waals surface area contributed by atoms with Crippen molar-refractivity contribution in [2.75, 3.05) is 7.11 Å². The van der Waals surface area contributed by atoms with E-state index in [4.69, 9.17) is 10.5 Å². The molecule has 1 fully saturated rings. The van der Waals surface area contributed by atoms with Gasteiger partial charge in [0.1, 0.15) is 5.75 Å². The van der Waals surface area contributed by atoms with Crippen molar-refractivity contribution in [3.8, 4) is 5.75 Å². The molecule has 2 atom stereocenters. The smallest absolute Gasteiger partial charge is 0.124 e. The van der Waals surface area contributed by atoms with E-state index in [1.165, 1.54) is 11.1 Å². The molecule has 0 bridgehead atoms. The van der Waals surface area contributed by atoms with Gasteiger partial charge < -0.3 is 10.5 Å². The van der Waals surface area contributed by atoms with Crippen LogP contribution in [-0.4, -0.2) is 7.11 Å². The van der Waals surface area contributed by atoms with E-state index in [-0.39, 0.29) is 5.54 Å². The fourth-order valence-electron chi connectivity index (χ4n) is 2.37. The highest BCUT2D eigenvalue weighted by atomic mass is 16.5. The molecule has 0 spiro atoms. The summed E-state index contributed by atoms with van der Waals surface area (Å²) < 4.78 is 5.41. The van der Waals surface area contributed by atoms with Gasteiger partial charge in [0.05, 0.1) is 7.11 Å². The van der Waals surface area contributed by atoms with Crippen molar-refractivity contribution < 1.29 is 4.74 Å². The molecule has 1 saturated carbocycles. The van der Waals surface area contributed by atoms with Crippen LogP contribution in [0.15, 0.2) is 18.2 Å². The van der Waals surface area contributed by atoms with Crippen molar-refractivity contribution >= 4 is 0 Å². The van der Waals surface area contributed by atoms with E-state index < -0.39 is 0 Å². The molecular formula is C13H19NO. The largest absolute Gasteiger partial charge is 0.496 e. The van der Waals surface area contributed by atoms with E-state index in [0.29, 0.717) is 5.92 Å². The molecule has 2 N–H and O–H groups in total. The van der Waals surface area contributed by atoms with E-state index in [9.17, 15) is 0 Å². The molecule has 15 heavy (non-hydrogen) atoms. The zero-order chi connectivity index (χ0) is 11.1. The first-order valence-electron chi connectivity index (χ1n) is 5.55. The van der Waals surface area contributed by atoms with E-state index in [0.717, 1.165) is 18.6 Å². The highest BCUT2D eigenvalue weighted by molar-refractivity contribution is 5.45. The first-order chi connectivity index (χ1) is 7.11. The van der Waals surface area contributed by atoms with Gasteiger partial charge >= 0.3 is 0 Å². The number of rotatable bonds is 3. The predicted molar refractivity (Wildman–Crippen MR) is 62.0 cm³/mol. The predicted octanol–water partition coefficient (Wildman–Crippen LogP) is 2.59. The van der Waals surface area contributed by atoms with Gasteiger partial charge in [0.2, 0.25) is 0 Å². The fourth-order valence-corrected chi connectivity index (χ4v) is 2.37. The van der Waals surface area contributed by atoms with Crippen LogP contribution in [0.5, 0.6) is 5.75 Å². The molecule has 2 heteroatoms. The summed E-state index contributed by atoms with van der Waals surface area (Å²) in [6, 6.07) is 6.29. The Labute approximate surface area is 91.4 Å². The Kier molecular flexibility index (Phi) is 2.47. The van der Waals surface area contributed by atoms with Crippen LogP contribution >= 0.6 is 0 Å². The molecule has 1 aromatic carbocycles. The zero-order valence-electron chi connectivity index (χ0n) is 9.71. The molecule has 1 aliphatic carbocycles. The normalized spacial score (nSPS) is 28.9. The summed E-state index contributed by atoms with van der Waals surface area (Å²) in [6.07, 6.45) is 2.23. The summed E-state index contributed by atoms with van der Waals surface area (Å²) >= 11 is 0. The van der Waals surface area contributed by atoms with Crippen molar-refractivity contribution in [2.45, 2.75) is 32.2 Å². The van der Waals surface area contributed by atoms with Crippen LogP contribution in [0.3, 0.4) is 0 Å². The summed E-state index contributed by atoms with van der Waals surface area (Å²) in [6.45, 7) is 4.26. The summed E-state index contributed by atoms with van der Waals surface area (Å²) in [5.41, 5.74) is 8.62. The maximum absolute atomic E-state index is 6.37. The molecular weight excluding hydrogens is 186 g/mol. The lowest BCUT2D eigenvalue weighted by Crippen LogP contribution is -2.22. The molecule has 1 aromatic rings. The number of methoxy groups -OCH3 is 1. The standard InChI is InChI=1S/C13H19NO/c1-4-10-8-13(10,14)11-6-5-9(2)7-12(11)15-3/h5-7,10H,4,8,14H2,1-3H3. The third-order valence-electron chi connectivity index (χ3n) is 3.50. The molecule has 0 radical (unpaired) electrons. The molecule has 1 aliphatic rings. The molecule has 2 unspecified atom stereocenters. The first kappa shape index (κ1) is 10.5. The Balaban J connectivity index is 2.37. The maximum Gasteiger partial charge on any atom is 0.124 e. The Bertz CT molecular complexity index is 375. The van der Waals surface area contributed by atoms with Crippen LogP contribution in [0.1, 0.15) is 30.9 Å². The highest BCUT2D eigenvalue weighted by Crippen LogP contribution is 2.53. The lowest BCUT2D eigenvalue weighted by molar-refractivity contribution is 0.401. The maximum atomic E-state index is 6.37. The van der Waals surface area contributed by atoms with Crippen molar-refractivity contribution in [2.24, 2.45) is 11.7 Å². The van der Waals surface area contributed by atoms with Crippen LogP contribution in [-0.2, 0) is 5.54 Å². The fraction of sp³-hybridized carbons (Fsp3) is 0.538. The third-order valence-corrected chi connectivity index (χ3v) is 3.50. The second-order valence-corrected chi connectivity index (χ2v) is 4.55. The Morgan fingerprint density at radius 2 is 2.27 bits per heavy atom. The first-order valence-corrected chi connectivity index (χ1v) is 5.55. The second-order valence-electron chi connectivity index (χ2n) is 4.55. The van der Waals surface area contributed by atoms with Crippen LogP contribution in [0.2, 0.25) is 0 Å². The summed E-state index contributed by atoms with van der Waals surface area (Å²) in [7, 11) is 1.71.